The molecule has 0 spiro atoms. The van der Waals surface area contributed by atoms with Gasteiger partial charge in [0.15, 0.2) is 0 Å². The number of rotatable bonds is 8. The highest BCUT2D eigenvalue weighted by atomic mass is 16.3. The van der Waals surface area contributed by atoms with Crippen LogP contribution in [0.1, 0.15) is 45.9 Å². The maximum Gasteiger partial charge on any atom is 0.141 e. The molecular weight excluding hydrogens is 859 g/mol. The predicted molar refractivity (Wildman–Crippen MR) is 294 cm³/mol. The van der Waals surface area contributed by atoms with Crippen molar-refractivity contribution in [2.24, 2.45) is 0 Å². The van der Waals surface area contributed by atoms with Crippen LogP contribution in [0.5, 0.6) is 0 Å². The average molecular weight is 906 g/mol. The maximum absolute atomic E-state index is 7.21. The highest BCUT2D eigenvalue weighted by Crippen LogP contribution is 2.60. The Labute approximate surface area is 414 Å². The smallest absolute Gasteiger partial charge is 0.141 e. The van der Waals surface area contributed by atoms with Crippen molar-refractivity contribution >= 4 is 39.0 Å². The van der Waals surface area contributed by atoms with Crippen LogP contribution in [0, 0.1) is 0 Å². The van der Waals surface area contributed by atoms with Gasteiger partial charge >= 0.3 is 0 Å². The lowest BCUT2D eigenvalue weighted by atomic mass is 9.67. The van der Waals surface area contributed by atoms with Crippen LogP contribution in [0.25, 0.3) is 66.4 Å². The van der Waals surface area contributed by atoms with E-state index in [0.717, 1.165) is 50.1 Å². The highest BCUT2D eigenvalue weighted by Gasteiger charge is 2.48. The average Bonchev–Trinajstić information content (AvgIpc) is 4.06. The van der Waals surface area contributed by atoms with E-state index in [1.807, 2.05) is 0 Å². The normalized spacial score (nSPS) is 13.6. The predicted octanol–water partition coefficient (Wildman–Crippen LogP) is 18.1. The monoisotopic (exact) mass is 905 g/mol. The molecule has 0 saturated heterocycles. The van der Waals surface area contributed by atoms with Crippen molar-refractivity contribution in [3.8, 4) is 44.5 Å². The van der Waals surface area contributed by atoms with E-state index >= 15 is 0 Å². The third-order valence-corrected chi connectivity index (χ3v) is 15.6. The zero-order chi connectivity index (χ0) is 47.1. The number of fused-ring (bicyclic) bond motifs is 9. The summed E-state index contributed by atoms with van der Waals surface area (Å²) in [5, 5.41) is 2.21. The van der Waals surface area contributed by atoms with E-state index in [9.17, 15) is 0 Å². The topological polar surface area (TPSA) is 16.4 Å². The Morgan fingerprint density at radius 3 is 1.39 bits per heavy atom. The molecule has 0 atom stereocenters. The van der Waals surface area contributed by atoms with Crippen LogP contribution in [0.3, 0.4) is 0 Å². The first kappa shape index (κ1) is 41.0. The Hall–Kier alpha value is -8.98. The Kier molecular flexibility index (Phi) is 9.28. The third kappa shape index (κ3) is 6.08. The molecule has 2 nitrogen and oxygen atoms in total. The minimum absolute atomic E-state index is 0.577. The molecule has 14 rings (SSSR count). The second-order valence-electron chi connectivity index (χ2n) is 19.2. The van der Waals surface area contributed by atoms with Crippen LogP contribution in [-0.2, 0) is 10.8 Å². The van der Waals surface area contributed by atoms with Crippen molar-refractivity contribution in [1.82, 2.24) is 0 Å². The minimum atomic E-state index is -0.598. The Balaban J connectivity index is 1.05. The van der Waals surface area contributed by atoms with Gasteiger partial charge in [-0.05, 0) is 127 Å². The van der Waals surface area contributed by atoms with E-state index in [-0.39, 0.29) is 0 Å². The van der Waals surface area contributed by atoms with Gasteiger partial charge in [0.2, 0.25) is 0 Å². The fraction of sp³-hybridized carbons (Fsp3) is 0.0435. The highest BCUT2D eigenvalue weighted by molar-refractivity contribution is 6.09. The summed E-state index contributed by atoms with van der Waals surface area (Å²) in [4.78, 5) is 2.50. The second-order valence-corrected chi connectivity index (χ2v) is 19.2. The van der Waals surface area contributed by atoms with Crippen LogP contribution in [0.15, 0.2) is 271 Å². The van der Waals surface area contributed by atoms with E-state index in [1.165, 1.54) is 72.3 Å². The molecule has 0 radical (unpaired) electrons. The molecule has 71 heavy (non-hydrogen) atoms. The summed E-state index contributed by atoms with van der Waals surface area (Å²) in [5.41, 5.74) is 22.2. The van der Waals surface area contributed by atoms with Crippen molar-refractivity contribution in [2.45, 2.75) is 17.8 Å². The Morgan fingerprint density at radius 1 is 0.338 bits per heavy atom. The van der Waals surface area contributed by atoms with Crippen molar-refractivity contribution in [1.29, 1.82) is 0 Å². The molecule has 0 N–H and O–H groups in total. The molecule has 0 amide bonds. The van der Waals surface area contributed by atoms with Crippen LogP contribution in [0.2, 0.25) is 0 Å². The van der Waals surface area contributed by atoms with Gasteiger partial charge in [-0.15, -0.1) is 0 Å². The molecule has 334 valence electrons. The van der Waals surface area contributed by atoms with E-state index in [1.54, 1.807) is 0 Å². The summed E-state index contributed by atoms with van der Waals surface area (Å²) in [7, 11) is 0. The van der Waals surface area contributed by atoms with Crippen LogP contribution in [0.4, 0.5) is 17.1 Å². The number of benzene rings is 11. The molecule has 0 unspecified atom stereocenters. The molecule has 2 aliphatic carbocycles. The first-order valence-electron chi connectivity index (χ1n) is 24.7. The summed E-state index contributed by atoms with van der Waals surface area (Å²) in [6, 6.07) is 98.1. The van der Waals surface area contributed by atoms with Crippen molar-refractivity contribution in [3.05, 3.63) is 306 Å². The molecule has 11 aromatic carbocycles. The van der Waals surface area contributed by atoms with Crippen molar-refractivity contribution in [3.63, 3.8) is 0 Å². The van der Waals surface area contributed by atoms with Gasteiger partial charge in [-0.3, -0.25) is 0 Å². The summed E-state index contributed by atoms with van der Waals surface area (Å²) in [6.07, 6.45) is 0. The molecule has 12 aromatic rings. The van der Waals surface area contributed by atoms with Crippen LogP contribution in [-0.4, -0.2) is 0 Å². The summed E-state index contributed by atoms with van der Waals surface area (Å²) < 4.78 is 7.21. The van der Waals surface area contributed by atoms with Crippen LogP contribution >= 0.6 is 0 Å². The quantitative estimate of drug-likeness (QED) is 0.151. The van der Waals surface area contributed by atoms with Gasteiger partial charge in [0.1, 0.15) is 11.2 Å². The maximum atomic E-state index is 7.21. The van der Waals surface area contributed by atoms with Gasteiger partial charge in [-0.1, -0.05) is 224 Å². The third-order valence-electron chi connectivity index (χ3n) is 15.6. The Morgan fingerprint density at radius 2 is 0.789 bits per heavy atom. The van der Waals surface area contributed by atoms with Gasteiger partial charge in [-0.25, -0.2) is 0 Å². The summed E-state index contributed by atoms with van der Waals surface area (Å²) >= 11 is 0. The van der Waals surface area contributed by atoms with Gasteiger partial charge in [0.05, 0.1) is 11.1 Å². The minimum Gasteiger partial charge on any atom is -0.456 e. The molecule has 0 bridgehead atoms. The summed E-state index contributed by atoms with van der Waals surface area (Å²) in [5.74, 6) is 0. The standard InChI is InChI=1S/C69H47NO/c1-68(60-29-15-11-25-54(60)55-26-12-16-30-61(55)68)66-64(44-43-59-58-28-14-18-32-65(58)71-67(59)66)70(52-39-37-49(38-40-52)48-35-33-47(34-36-48)46-19-5-2-6-20-46)53-41-42-57-56-27-13-17-31-62(56)69(63(57)45-53,50-21-7-3-8-22-50)51-23-9-4-10-24-51/h2-45H,1H3. The van der Waals surface area contributed by atoms with Gasteiger partial charge < -0.3 is 9.32 Å². The first-order chi connectivity index (χ1) is 35.1. The van der Waals surface area contributed by atoms with Crippen molar-refractivity contribution < 1.29 is 4.42 Å². The molecule has 0 saturated carbocycles. The number of furan rings is 1. The lowest BCUT2D eigenvalue weighted by Gasteiger charge is -2.37. The number of anilines is 3. The van der Waals surface area contributed by atoms with Gasteiger partial charge in [0.25, 0.3) is 0 Å². The van der Waals surface area contributed by atoms with Gasteiger partial charge in [0, 0.05) is 33.1 Å². The first-order valence-corrected chi connectivity index (χ1v) is 24.7. The fourth-order valence-electron chi connectivity index (χ4n) is 12.5. The van der Waals surface area contributed by atoms with E-state index in [2.05, 4.69) is 279 Å². The van der Waals surface area contributed by atoms with E-state index < -0.39 is 10.8 Å². The van der Waals surface area contributed by atoms with E-state index in [0.29, 0.717) is 0 Å². The lowest BCUT2D eigenvalue weighted by molar-refractivity contribution is 0.638. The largest absolute Gasteiger partial charge is 0.456 e. The summed E-state index contributed by atoms with van der Waals surface area (Å²) in [6.45, 7) is 2.42. The molecule has 1 aromatic heterocycles. The fourth-order valence-corrected chi connectivity index (χ4v) is 12.5. The molecule has 2 aliphatic rings. The molecule has 2 heteroatoms. The van der Waals surface area contributed by atoms with E-state index in [4.69, 9.17) is 4.42 Å². The molecular formula is C69H47NO. The molecule has 0 fully saturated rings. The second kappa shape index (κ2) is 16.1. The van der Waals surface area contributed by atoms with Crippen LogP contribution < -0.4 is 4.90 Å². The van der Waals surface area contributed by atoms with Gasteiger partial charge in [-0.2, -0.15) is 0 Å². The molecule has 1 heterocycles. The number of para-hydroxylation sites is 1. The lowest BCUT2D eigenvalue weighted by Crippen LogP contribution is -2.29. The SMILES string of the molecule is CC1(c2c(N(c3ccc(-c4ccc(-c5ccccc5)cc4)cc3)c3ccc4c(c3)C(c3ccccc3)(c3ccccc3)c3ccccc3-4)ccc3c2oc2ccccc23)c2ccccc2-c2ccccc21. The number of hydrogen-bond acceptors (Lipinski definition) is 2. The zero-order valence-corrected chi connectivity index (χ0v) is 39.3. The zero-order valence-electron chi connectivity index (χ0n) is 39.3. The Bertz CT molecular complexity index is 3900. The number of nitrogens with zero attached hydrogens (tertiary/aromatic N) is 1. The van der Waals surface area contributed by atoms with Crippen molar-refractivity contribution in [2.75, 3.05) is 4.90 Å². The molecule has 0 aliphatic heterocycles. The number of hydrogen-bond donors (Lipinski definition) is 0.